The minimum Gasteiger partial charge on any atom is -0.478 e. The van der Waals surface area contributed by atoms with Crippen LogP contribution in [0.2, 0.25) is 0 Å². The maximum absolute atomic E-state index is 13.8. The third-order valence-electron chi connectivity index (χ3n) is 7.37. The first kappa shape index (κ1) is 25.6. The lowest BCUT2D eigenvalue weighted by atomic mass is 9.92. The van der Waals surface area contributed by atoms with Crippen molar-refractivity contribution in [3.8, 4) is 0 Å². The Morgan fingerprint density at radius 3 is 2.39 bits per heavy atom. The van der Waals surface area contributed by atoms with Crippen LogP contribution in [0.3, 0.4) is 0 Å². The van der Waals surface area contributed by atoms with Gasteiger partial charge in [-0.15, -0.1) is 0 Å². The Kier molecular flexibility index (Phi) is 8.15. The van der Waals surface area contributed by atoms with E-state index in [2.05, 4.69) is 9.88 Å². The summed E-state index contributed by atoms with van der Waals surface area (Å²) in [6.45, 7) is 3.61. The summed E-state index contributed by atoms with van der Waals surface area (Å²) in [5.74, 6) is -2.85. The number of pyridine rings is 1. The average Bonchev–Trinajstić information content (AvgIpc) is 3.39. The Balaban J connectivity index is 1.61. The molecule has 1 aliphatic heterocycles. The van der Waals surface area contributed by atoms with Crippen LogP contribution in [0.1, 0.15) is 55.2 Å². The predicted molar refractivity (Wildman–Crippen MR) is 137 cm³/mol. The van der Waals surface area contributed by atoms with Gasteiger partial charge in [0.15, 0.2) is 0 Å². The summed E-state index contributed by atoms with van der Waals surface area (Å²) < 4.78 is 0. The fourth-order valence-electron chi connectivity index (χ4n) is 5.71. The smallest absolute Gasteiger partial charge is 0.336 e. The molecule has 0 spiro atoms. The van der Waals surface area contributed by atoms with Crippen LogP contribution in [0.15, 0.2) is 48.8 Å². The number of aromatic nitrogens is 1. The Hall–Kier alpha value is -3.52. The number of aliphatic carboxylic acids is 2. The van der Waals surface area contributed by atoms with E-state index in [0.29, 0.717) is 23.2 Å². The van der Waals surface area contributed by atoms with E-state index in [0.717, 1.165) is 31.6 Å². The highest BCUT2D eigenvalue weighted by atomic mass is 16.4. The van der Waals surface area contributed by atoms with Crippen molar-refractivity contribution in [2.24, 2.45) is 0 Å². The SMILES string of the molecule is Cc1cccc(CC(=O)N(c2cccnc2)C2CCN(C3CCCC3)CC2)c1C(=CC(=O)O)C(=O)O. The van der Waals surface area contributed by atoms with Gasteiger partial charge in [-0.1, -0.05) is 31.0 Å². The number of carbonyl (C=O) groups is 3. The standard InChI is InChI=1S/C28H33N3O5/c1-19-6-4-7-20(27(19)24(28(35)36)17-26(33)34)16-25(32)31(23-10-5-13-29-18-23)22-11-14-30(15-12-22)21-8-2-3-9-21/h4-7,10,13,17-18,21-22H,2-3,8-9,11-12,14-16H2,1H3,(H,33,34)(H,35,36). The predicted octanol–water partition coefficient (Wildman–Crippen LogP) is 3.93. The van der Waals surface area contributed by atoms with Crippen LogP contribution in [0.4, 0.5) is 5.69 Å². The summed E-state index contributed by atoms with van der Waals surface area (Å²) >= 11 is 0. The number of nitrogens with zero attached hydrogens (tertiary/aromatic N) is 3. The number of anilines is 1. The second kappa shape index (κ2) is 11.5. The quantitative estimate of drug-likeness (QED) is 0.538. The van der Waals surface area contributed by atoms with Crippen LogP contribution in [0, 0.1) is 6.92 Å². The van der Waals surface area contributed by atoms with Crippen molar-refractivity contribution < 1.29 is 24.6 Å². The van der Waals surface area contributed by atoms with Gasteiger partial charge in [0.1, 0.15) is 0 Å². The number of likely N-dealkylation sites (tertiary alicyclic amines) is 1. The zero-order valence-electron chi connectivity index (χ0n) is 20.6. The Morgan fingerprint density at radius 1 is 1.06 bits per heavy atom. The fourth-order valence-corrected chi connectivity index (χ4v) is 5.71. The number of carboxylic acids is 2. The van der Waals surface area contributed by atoms with Crippen molar-refractivity contribution in [1.82, 2.24) is 9.88 Å². The molecule has 2 aliphatic rings. The van der Waals surface area contributed by atoms with E-state index < -0.39 is 11.9 Å². The van der Waals surface area contributed by atoms with Crippen molar-refractivity contribution in [3.05, 3.63) is 65.5 Å². The van der Waals surface area contributed by atoms with E-state index in [1.807, 2.05) is 11.0 Å². The molecule has 1 aliphatic carbocycles. The number of aryl methyl sites for hydroxylation is 1. The molecular formula is C28H33N3O5. The Bertz CT molecular complexity index is 1130. The van der Waals surface area contributed by atoms with Gasteiger partial charge in [0, 0.05) is 37.4 Å². The van der Waals surface area contributed by atoms with Crippen molar-refractivity contribution in [2.45, 2.75) is 64.0 Å². The van der Waals surface area contributed by atoms with Gasteiger partial charge in [-0.2, -0.15) is 0 Å². The number of carboxylic acid groups (broad SMARTS) is 2. The number of benzene rings is 1. The average molecular weight is 492 g/mol. The van der Waals surface area contributed by atoms with E-state index in [1.165, 1.54) is 25.7 Å². The molecule has 2 aromatic rings. The maximum atomic E-state index is 13.8. The zero-order chi connectivity index (χ0) is 25.7. The topological polar surface area (TPSA) is 111 Å². The van der Waals surface area contributed by atoms with Gasteiger partial charge in [0.05, 0.1) is 23.9 Å². The first-order valence-corrected chi connectivity index (χ1v) is 12.6. The summed E-state index contributed by atoms with van der Waals surface area (Å²) in [4.78, 5) is 45.7. The number of carbonyl (C=O) groups excluding carboxylic acids is 1. The van der Waals surface area contributed by atoms with Gasteiger partial charge in [-0.3, -0.25) is 9.78 Å². The zero-order valence-corrected chi connectivity index (χ0v) is 20.6. The van der Waals surface area contributed by atoms with Crippen LogP contribution in [0.5, 0.6) is 0 Å². The largest absolute Gasteiger partial charge is 0.478 e. The first-order valence-electron chi connectivity index (χ1n) is 12.6. The Labute approximate surface area is 211 Å². The number of piperidine rings is 1. The lowest BCUT2D eigenvalue weighted by Gasteiger charge is -2.40. The van der Waals surface area contributed by atoms with Gasteiger partial charge >= 0.3 is 11.9 Å². The molecule has 4 rings (SSSR count). The molecule has 0 radical (unpaired) electrons. The van der Waals surface area contributed by atoms with Crippen LogP contribution in [0.25, 0.3) is 5.57 Å². The molecule has 1 aromatic carbocycles. The lowest BCUT2D eigenvalue weighted by Crippen LogP contribution is -2.50. The molecule has 2 fully saturated rings. The highest BCUT2D eigenvalue weighted by Gasteiger charge is 2.33. The number of hydrogen-bond acceptors (Lipinski definition) is 5. The minimum atomic E-state index is -1.35. The van der Waals surface area contributed by atoms with Crippen LogP contribution in [-0.2, 0) is 20.8 Å². The van der Waals surface area contributed by atoms with Crippen molar-refractivity contribution in [1.29, 1.82) is 0 Å². The number of amides is 1. The van der Waals surface area contributed by atoms with Gasteiger partial charge in [-0.05, 0) is 61.4 Å². The summed E-state index contributed by atoms with van der Waals surface area (Å²) in [7, 11) is 0. The second-order valence-corrected chi connectivity index (χ2v) is 9.67. The van der Waals surface area contributed by atoms with Gasteiger partial charge in [0.25, 0.3) is 0 Å². The minimum absolute atomic E-state index is 0.0149. The van der Waals surface area contributed by atoms with E-state index in [4.69, 9.17) is 0 Å². The maximum Gasteiger partial charge on any atom is 0.336 e. The van der Waals surface area contributed by atoms with E-state index in [1.54, 1.807) is 43.6 Å². The molecule has 0 atom stereocenters. The molecule has 2 N–H and O–H groups in total. The van der Waals surface area contributed by atoms with E-state index in [-0.39, 0.29) is 29.5 Å². The molecular weight excluding hydrogens is 458 g/mol. The van der Waals surface area contributed by atoms with Gasteiger partial charge in [0.2, 0.25) is 5.91 Å². The molecule has 0 unspecified atom stereocenters. The monoisotopic (exact) mass is 491 g/mol. The third-order valence-corrected chi connectivity index (χ3v) is 7.37. The highest BCUT2D eigenvalue weighted by Crippen LogP contribution is 2.31. The molecule has 1 amide bonds. The molecule has 8 heteroatoms. The third kappa shape index (κ3) is 5.82. The first-order chi connectivity index (χ1) is 17.3. The van der Waals surface area contributed by atoms with Crippen molar-refractivity contribution >= 4 is 29.1 Å². The molecule has 2 heterocycles. The molecule has 0 bridgehead atoms. The summed E-state index contributed by atoms with van der Waals surface area (Å²) in [5.41, 5.74) is 1.76. The second-order valence-electron chi connectivity index (χ2n) is 9.67. The molecule has 1 aromatic heterocycles. The summed E-state index contributed by atoms with van der Waals surface area (Å²) in [5, 5.41) is 19.0. The van der Waals surface area contributed by atoms with Crippen molar-refractivity contribution in [2.75, 3.05) is 18.0 Å². The number of rotatable bonds is 8. The summed E-state index contributed by atoms with van der Waals surface area (Å²) in [6.07, 6.45) is 10.8. The van der Waals surface area contributed by atoms with Crippen molar-refractivity contribution in [3.63, 3.8) is 0 Å². The Morgan fingerprint density at radius 2 is 1.78 bits per heavy atom. The van der Waals surface area contributed by atoms with Crippen LogP contribution < -0.4 is 4.90 Å². The van der Waals surface area contributed by atoms with Crippen LogP contribution >= 0.6 is 0 Å². The van der Waals surface area contributed by atoms with E-state index >= 15 is 0 Å². The molecule has 1 saturated carbocycles. The van der Waals surface area contributed by atoms with E-state index in [9.17, 15) is 24.6 Å². The fraction of sp³-hybridized carbons (Fsp3) is 0.429. The van der Waals surface area contributed by atoms with Gasteiger partial charge in [-0.25, -0.2) is 9.59 Å². The number of hydrogen-bond donors (Lipinski definition) is 2. The lowest BCUT2D eigenvalue weighted by molar-refractivity contribution is -0.133. The molecule has 1 saturated heterocycles. The normalized spacial score (nSPS) is 17.8. The van der Waals surface area contributed by atoms with Crippen LogP contribution in [-0.4, -0.2) is 63.1 Å². The highest BCUT2D eigenvalue weighted by molar-refractivity contribution is 6.20. The molecule has 8 nitrogen and oxygen atoms in total. The molecule has 36 heavy (non-hydrogen) atoms. The molecule has 190 valence electrons. The van der Waals surface area contributed by atoms with Gasteiger partial charge < -0.3 is 20.0 Å². The summed E-state index contributed by atoms with van der Waals surface area (Å²) in [6, 6.07) is 9.52.